The molecule has 1 aromatic heterocycles. The van der Waals surface area contributed by atoms with Crippen LogP contribution >= 0.6 is 11.6 Å². The van der Waals surface area contributed by atoms with Crippen LogP contribution in [0.1, 0.15) is 76.4 Å². The molecule has 0 saturated heterocycles. The van der Waals surface area contributed by atoms with Gasteiger partial charge in [-0.3, -0.25) is 23.8 Å². The van der Waals surface area contributed by atoms with E-state index in [4.69, 9.17) is 30.5 Å². The fourth-order valence-electron chi connectivity index (χ4n) is 9.56. The van der Waals surface area contributed by atoms with Crippen molar-refractivity contribution in [1.82, 2.24) is 14.5 Å². The number of methoxy groups -OCH3 is 2. The quantitative estimate of drug-likeness (QED) is 0.141. The Kier molecular flexibility index (Phi) is 12.8. The molecule has 1 fully saturated rings. The maximum absolute atomic E-state index is 15.2. The molecule has 2 bridgehead atoms. The molecule has 62 heavy (non-hydrogen) atoms. The Morgan fingerprint density at radius 2 is 1.85 bits per heavy atom. The molecule has 2 amide bonds. The monoisotopic (exact) mass is 883 g/mol. The van der Waals surface area contributed by atoms with E-state index >= 15 is 4.21 Å². The summed E-state index contributed by atoms with van der Waals surface area (Å²) in [7, 11) is 0.777. The summed E-state index contributed by atoms with van der Waals surface area (Å²) in [4.78, 5) is 44.1. The highest BCUT2D eigenvalue weighted by molar-refractivity contribution is 7.92. The van der Waals surface area contributed by atoms with Gasteiger partial charge in [-0.2, -0.15) is 0 Å². The molecule has 3 aromatic carbocycles. The normalized spacial score (nSPS) is 27.6. The molecule has 0 radical (unpaired) electrons. The number of nitrogens with zero attached hydrogens (tertiary/aromatic N) is 4. The van der Waals surface area contributed by atoms with Crippen molar-refractivity contribution in [2.45, 2.75) is 69.5 Å². The average Bonchev–Trinajstić information content (AvgIpc) is 3.57. The Morgan fingerprint density at radius 1 is 1.05 bits per heavy atom. The van der Waals surface area contributed by atoms with E-state index in [1.807, 2.05) is 42.5 Å². The Bertz CT molecular complexity index is 2480. The van der Waals surface area contributed by atoms with Crippen LogP contribution in [0, 0.1) is 17.8 Å². The number of hydrogen-bond donors (Lipinski definition) is 1. The number of hydrogen-bond acceptors (Lipinski definition) is 10. The number of ether oxygens (including phenoxy) is 4. The van der Waals surface area contributed by atoms with Crippen LogP contribution in [0.4, 0.5) is 5.69 Å². The first-order chi connectivity index (χ1) is 29.9. The molecule has 3 heterocycles. The van der Waals surface area contributed by atoms with Gasteiger partial charge in [0.15, 0.2) is 0 Å². The summed E-state index contributed by atoms with van der Waals surface area (Å²) in [5.74, 6) is -1.99. The molecule has 13 nitrogen and oxygen atoms in total. The summed E-state index contributed by atoms with van der Waals surface area (Å²) in [6.45, 7) is 3.51. The summed E-state index contributed by atoms with van der Waals surface area (Å²) in [6.07, 6.45) is 9.30. The number of aromatic nitrogens is 2. The number of benzene rings is 3. The van der Waals surface area contributed by atoms with Gasteiger partial charge < -0.3 is 23.8 Å². The number of halogens is 1. The maximum atomic E-state index is 15.2. The molecule has 2 aliphatic carbocycles. The van der Waals surface area contributed by atoms with Crippen LogP contribution in [0.25, 0.3) is 0 Å². The van der Waals surface area contributed by atoms with E-state index < -0.39 is 39.7 Å². The molecule has 4 aromatic rings. The Labute approximate surface area is 368 Å². The van der Waals surface area contributed by atoms with E-state index in [0.717, 1.165) is 43.4 Å². The van der Waals surface area contributed by atoms with Crippen molar-refractivity contribution in [1.29, 1.82) is 0 Å². The van der Waals surface area contributed by atoms with Crippen molar-refractivity contribution >= 4 is 45.0 Å². The lowest BCUT2D eigenvalue weighted by Gasteiger charge is -2.46. The van der Waals surface area contributed by atoms with E-state index in [1.165, 1.54) is 29.1 Å². The zero-order valence-corrected chi connectivity index (χ0v) is 37.2. The molecule has 1 N–H and O–H groups in total. The molecule has 7 atom stereocenters. The van der Waals surface area contributed by atoms with Crippen LogP contribution in [-0.2, 0) is 49.5 Å². The fourth-order valence-corrected chi connectivity index (χ4v) is 11.6. The minimum Gasteiger partial charge on any atom is -0.490 e. The largest absolute Gasteiger partial charge is 0.490 e. The second-order valence-electron chi connectivity index (χ2n) is 17.2. The zero-order chi connectivity index (χ0) is 43.6. The van der Waals surface area contributed by atoms with E-state index in [0.29, 0.717) is 36.9 Å². The number of carbonyl (C=O) groups is 3. The number of carbonyl (C=O) groups excluding carboxylic acids is 3. The molecule has 8 rings (SSSR count). The summed E-state index contributed by atoms with van der Waals surface area (Å²) in [5.41, 5.74) is 4.05. The lowest BCUT2D eigenvalue weighted by atomic mass is 9.68. The van der Waals surface area contributed by atoms with Crippen LogP contribution in [0.3, 0.4) is 0 Å². The average molecular weight is 884 g/mol. The van der Waals surface area contributed by atoms with E-state index in [2.05, 4.69) is 31.2 Å². The van der Waals surface area contributed by atoms with Gasteiger partial charge in [0, 0.05) is 61.8 Å². The van der Waals surface area contributed by atoms with Crippen LogP contribution in [0.15, 0.2) is 89.4 Å². The maximum Gasteiger partial charge on any atom is 0.306 e. The number of esters is 1. The van der Waals surface area contributed by atoms with Crippen LogP contribution in [0.2, 0.25) is 5.02 Å². The molecule has 2 aliphatic heterocycles. The van der Waals surface area contributed by atoms with Crippen molar-refractivity contribution in [2.75, 3.05) is 44.6 Å². The number of anilines is 1. The van der Waals surface area contributed by atoms with Crippen molar-refractivity contribution in [3.05, 3.63) is 118 Å². The SMILES string of the molecule is COc1nn(C)cc1C(=O)NS1(=O)=NC(=O)c2ccc3c(c2)N(C[C@@H]2CC[C@H]2[C@@H](OC)/C=C/[C@H](OC(=O)CCc2ccccc2)[C@H](C)C1)C[C@@]1(CCCc2cc(Cl)ccc21)CO3. The molecule has 4 aliphatic rings. The van der Waals surface area contributed by atoms with Crippen LogP contribution in [-0.4, -0.2) is 83.6 Å². The highest BCUT2D eigenvalue weighted by Gasteiger charge is 2.44. The lowest BCUT2D eigenvalue weighted by molar-refractivity contribution is -0.148. The summed E-state index contributed by atoms with van der Waals surface area (Å²) in [6, 6.07) is 21.0. The molecule has 1 unspecified atom stereocenters. The number of amides is 2. The third kappa shape index (κ3) is 9.28. The van der Waals surface area contributed by atoms with Crippen molar-refractivity contribution in [3.63, 3.8) is 0 Å². The van der Waals surface area contributed by atoms with Gasteiger partial charge in [0.2, 0.25) is 5.88 Å². The van der Waals surface area contributed by atoms with Crippen molar-refractivity contribution in [3.8, 4) is 11.6 Å². The van der Waals surface area contributed by atoms with E-state index in [9.17, 15) is 14.4 Å². The third-order valence-corrected chi connectivity index (χ3v) is 15.1. The molecule has 328 valence electrons. The first kappa shape index (κ1) is 43.5. The number of aryl methyl sites for hydroxylation is 3. The van der Waals surface area contributed by atoms with Gasteiger partial charge >= 0.3 is 5.97 Å². The van der Waals surface area contributed by atoms with Crippen molar-refractivity contribution in [2.24, 2.45) is 29.2 Å². The zero-order valence-electron chi connectivity index (χ0n) is 35.6. The Hall–Kier alpha value is -5.18. The number of nitrogens with one attached hydrogen (secondary N) is 1. The molecule has 15 heteroatoms. The van der Waals surface area contributed by atoms with Gasteiger partial charge in [0.05, 0.1) is 31.3 Å². The third-order valence-electron chi connectivity index (χ3n) is 12.9. The topological polar surface area (TPSA) is 151 Å². The number of rotatable bonds is 8. The summed E-state index contributed by atoms with van der Waals surface area (Å²) in [5, 5.41) is 4.88. The van der Waals surface area contributed by atoms with E-state index in [-0.39, 0.29) is 52.5 Å². The second kappa shape index (κ2) is 18.3. The van der Waals surface area contributed by atoms with Gasteiger partial charge in [-0.05, 0) is 103 Å². The highest BCUT2D eigenvalue weighted by atomic mass is 35.5. The summed E-state index contributed by atoms with van der Waals surface area (Å²) >= 11 is 6.50. The van der Waals surface area contributed by atoms with Gasteiger partial charge in [-0.1, -0.05) is 61.0 Å². The lowest BCUT2D eigenvalue weighted by Crippen LogP contribution is -2.49. The van der Waals surface area contributed by atoms with Gasteiger partial charge in [-0.15, -0.1) is 9.46 Å². The van der Waals surface area contributed by atoms with Crippen LogP contribution < -0.4 is 19.1 Å². The highest BCUT2D eigenvalue weighted by Crippen LogP contribution is 2.47. The Balaban J connectivity index is 1.20. The second-order valence-corrected chi connectivity index (χ2v) is 19.6. The fraction of sp³-hybridized carbons (Fsp3) is 0.447. The molecule has 1 spiro atoms. The van der Waals surface area contributed by atoms with E-state index in [1.54, 1.807) is 45.4 Å². The predicted molar refractivity (Wildman–Crippen MR) is 237 cm³/mol. The van der Waals surface area contributed by atoms with Gasteiger partial charge in [0.1, 0.15) is 27.3 Å². The van der Waals surface area contributed by atoms with Crippen molar-refractivity contribution < 1.29 is 37.5 Å². The first-order valence-electron chi connectivity index (χ1n) is 21.3. The smallest absolute Gasteiger partial charge is 0.306 e. The minimum atomic E-state index is -3.91. The van der Waals surface area contributed by atoms with Gasteiger partial charge in [0.25, 0.3) is 11.8 Å². The molecular weight excluding hydrogens is 830 g/mol. The Morgan fingerprint density at radius 3 is 2.61 bits per heavy atom. The summed E-state index contributed by atoms with van der Waals surface area (Å²) < 4.78 is 47.8. The first-order valence-corrected chi connectivity index (χ1v) is 23.4. The van der Waals surface area contributed by atoms with Gasteiger partial charge in [-0.25, -0.2) is 4.21 Å². The number of fused-ring (bicyclic) bond motifs is 4. The molecule has 1 saturated carbocycles. The molecular formula is C47H54ClN5O8S. The van der Waals surface area contributed by atoms with Crippen LogP contribution in [0.5, 0.6) is 11.6 Å². The predicted octanol–water partition coefficient (Wildman–Crippen LogP) is 7.30. The minimum absolute atomic E-state index is 0.0141. The standard InChI is InChI=1S/C47H54ClN5O8S/c1-30-27-62(57,51-45(56)37-26-52(2)49-46(37)59-4)50-44(55)33-14-18-42-39(24-33)53(28-47(29-60-42)22-8-11-32-23-35(48)15-17-38(32)47)25-34-13-16-36(34)41(58-3)20-19-40(30)61-43(54)21-12-31-9-6-5-7-10-31/h5-7,9-10,14-15,17-20,23-24,26,30,34,36,40-41H,8,11-13,16,21-22,25,27-29H2,1-4H3,(H,50,51,55,56,57)/b20-19+/t30-,34+,36-,40+,41+,47+,62?/m1/s1.